The van der Waals surface area contributed by atoms with Gasteiger partial charge in [0.1, 0.15) is 0 Å². The quantitative estimate of drug-likeness (QED) is 0.717. The van der Waals surface area contributed by atoms with E-state index in [1.807, 2.05) is 13.8 Å². The number of nitrogens with two attached hydrogens (primary N) is 1. The molecule has 0 aliphatic heterocycles. The van der Waals surface area contributed by atoms with Crippen molar-refractivity contribution in [2.75, 3.05) is 11.5 Å². The van der Waals surface area contributed by atoms with Gasteiger partial charge in [0.25, 0.3) is 0 Å². The molecule has 78 valence electrons. The van der Waals surface area contributed by atoms with Crippen molar-refractivity contribution in [2.45, 2.75) is 33.7 Å². The first-order valence-electron chi connectivity index (χ1n) is 4.82. The van der Waals surface area contributed by atoms with E-state index in [1.54, 1.807) is 11.8 Å². The summed E-state index contributed by atoms with van der Waals surface area (Å²) in [5.41, 5.74) is 5.73. The largest absolute Gasteiger partial charge is 0.321 e. The number of carbonyl (C=O) groups excluding carboxylic acids is 1. The molecule has 1 unspecified atom stereocenters. The molecule has 1 atom stereocenters. The summed E-state index contributed by atoms with van der Waals surface area (Å²) in [5.74, 6) is 2.76. The molecule has 0 bridgehead atoms. The van der Waals surface area contributed by atoms with E-state index in [0.29, 0.717) is 5.92 Å². The van der Waals surface area contributed by atoms with Gasteiger partial charge in [0, 0.05) is 11.7 Å². The highest BCUT2D eigenvalue weighted by atomic mass is 32.2. The molecular weight excluding hydrogens is 182 g/mol. The van der Waals surface area contributed by atoms with Crippen LogP contribution in [0.25, 0.3) is 0 Å². The van der Waals surface area contributed by atoms with Crippen LogP contribution in [0.3, 0.4) is 0 Å². The molecule has 0 saturated heterocycles. The van der Waals surface area contributed by atoms with Crippen LogP contribution in [0.15, 0.2) is 0 Å². The van der Waals surface area contributed by atoms with Gasteiger partial charge in [-0.25, -0.2) is 0 Å². The highest BCUT2D eigenvalue weighted by Crippen LogP contribution is 2.10. The molecule has 0 saturated carbocycles. The minimum Gasteiger partial charge on any atom is -0.321 e. The first-order valence-corrected chi connectivity index (χ1v) is 5.97. The summed E-state index contributed by atoms with van der Waals surface area (Å²) in [4.78, 5) is 11.4. The van der Waals surface area contributed by atoms with Crippen LogP contribution < -0.4 is 5.73 Å². The van der Waals surface area contributed by atoms with E-state index in [1.165, 1.54) is 0 Å². The van der Waals surface area contributed by atoms with Crippen LogP contribution in [-0.2, 0) is 4.79 Å². The van der Waals surface area contributed by atoms with Gasteiger partial charge in [-0.15, -0.1) is 0 Å². The number of hydrogen-bond donors (Lipinski definition) is 1. The van der Waals surface area contributed by atoms with Crippen LogP contribution in [0.5, 0.6) is 0 Å². The second kappa shape index (κ2) is 6.44. The van der Waals surface area contributed by atoms with Gasteiger partial charge in [-0.2, -0.15) is 11.8 Å². The zero-order chi connectivity index (χ0) is 10.4. The molecular formula is C10H21NOS. The number of Topliss-reactive ketones (excluding diaryl/α,β-unsaturated/α-hetero) is 1. The third-order valence-corrected chi connectivity index (χ3v) is 3.18. The normalized spacial score (nSPS) is 13.8. The molecule has 2 nitrogen and oxygen atoms in total. The molecule has 13 heavy (non-hydrogen) atoms. The summed E-state index contributed by atoms with van der Waals surface area (Å²) in [6.45, 7) is 8.14. The van der Waals surface area contributed by atoms with Crippen molar-refractivity contribution in [1.82, 2.24) is 0 Å². The number of thioether (sulfide) groups is 1. The number of carbonyl (C=O) groups is 1. The van der Waals surface area contributed by atoms with E-state index in [0.717, 1.165) is 11.5 Å². The predicted molar refractivity (Wildman–Crippen MR) is 60.0 cm³/mol. The number of rotatable bonds is 6. The Balaban J connectivity index is 3.62. The van der Waals surface area contributed by atoms with Crippen molar-refractivity contribution in [2.24, 2.45) is 17.6 Å². The summed E-state index contributed by atoms with van der Waals surface area (Å²) in [7, 11) is 0. The first-order chi connectivity index (χ1) is 5.95. The summed E-state index contributed by atoms with van der Waals surface area (Å²) >= 11 is 1.77. The van der Waals surface area contributed by atoms with Crippen LogP contribution in [0.2, 0.25) is 0 Å². The minimum absolute atomic E-state index is 0.0645. The molecule has 0 fully saturated rings. The average Bonchev–Trinajstić information content (AvgIpc) is 2.02. The van der Waals surface area contributed by atoms with Gasteiger partial charge in [-0.05, 0) is 11.7 Å². The van der Waals surface area contributed by atoms with Crippen LogP contribution >= 0.6 is 11.8 Å². The standard InChI is InChI=1S/C10H21NOS/c1-7(2)5-13-6-9(11)10(12)8(3)4/h7-9H,5-6,11H2,1-4H3. The Labute approximate surface area is 85.6 Å². The lowest BCUT2D eigenvalue weighted by molar-refractivity contribution is -0.122. The van der Waals surface area contributed by atoms with E-state index in [-0.39, 0.29) is 17.7 Å². The molecule has 0 aromatic carbocycles. The molecule has 3 heteroatoms. The fourth-order valence-corrected chi connectivity index (χ4v) is 1.97. The topological polar surface area (TPSA) is 43.1 Å². The van der Waals surface area contributed by atoms with Crippen LogP contribution in [-0.4, -0.2) is 23.3 Å². The number of ketones is 1. The molecule has 0 spiro atoms. The molecule has 0 aromatic heterocycles. The Morgan fingerprint density at radius 1 is 1.23 bits per heavy atom. The lowest BCUT2D eigenvalue weighted by atomic mass is 10.0. The van der Waals surface area contributed by atoms with Gasteiger partial charge in [0.05, 0.1) is 6.04 Å². The number of hydrogen-bond acceptors (Lipinski definition) is 3. The van der Waals surface area contributed by atoms with Gasteiger partial charge in [-0.1, -0.05) is 27.7 Å². The van der Waals surface area contributed by atoms with Crippen molar-refractivity contribution < 1.29 is 4.79 Å². The fraction of sp³-hybridized carbons (Fsp3) is 0.900. The maximum absolute atomic E-state index is 11.4. The molecule has 0 aliphatic rings. The van der Waals surface area contributed by atoms with Crippen LogP contribution in [0.4, 0.5) is 0 Å². The second-order valence-corrected chi connectivity index (χ2v) is 5.17. The highest BCUT2D eigenvalue weighted by Gasteiger charge is 2.16. The summed E-state index contributed by atoms with van der Waals surface area (Å²) in [5, 5.41) is 0. The van der Waals surface area contributed by atoms with Crippen LogP contribution in [0.1, 0.15) is 27.7 Å². The van der Waals surface area contributed by atoms with Gasteiger partial charge in [0.15, 0.2) is 5.78 Å². The van der Waals surface area contributed by atoms with E-state index in [4.69, 9.17) is 5.73 Å². The maximum atomic E-state index is 11.4. The summed E-state index contributed by atoms with van der Waals surface area (Å²) in [6, 6.07) is -0.274. The SMILES string of the molecule is CC(C)CSCC(N)C(=O)C(C)C. The first kappa shape index (κ1) is 13.0. The van der Waals surface area contributed by atoms with Crippen molar-refractivity contribution in [3.05, 3.63) is 0 Å². The van der Waals surface area contributed by atoms with E-state index in [2.05, 4.69) is 13.8 Å². The van der Waals surface area contributed by atoms with E-state index < -0.39 is 0 Å². The van der Waals surface area contributed by atoms with E-state index in [9.17, 15) is 4.79 Å². The molecule has 0 aromatic rings. The van der Waals surface area contributed by atoms with Gasteiger partial charge < -0.3 is 5.73 Å². The monoisotopic (exact) mass is 203 g/mol. The third-order valence-electron chi connectivity index (χ3n) is 1.68. The lowest BCUT2D eigenvalue weighted by Crippen LogP contribution is -2.36. The van der Waals surface area contributed by atoms with Crippen molar-refractivity contribution in [3.8, 4) is 0 Å². The van der Waals surface area contributed by atoms with Crippen molar-refractivity contribution in [3.63, 3.8) is 0 Å². The smallest absolute Gasteiger partial charge is 0.152 e. The molecule has 0 heterocycles. The Kier molecular flexibility index (Phi) is 6.43. The van der Waals surface area contributed by atoms with Crippen molar-refractivity contribution >= 4 is 17.5 Å². The van der Waals surface area contributed by atoms with Crippen LogP contribution in [0, 0.1) is 11.8 Å². The van der Waals surface area contributed by atoms with Gasteiger partial charge in [0.2, 0.25) is 0 Å². The molecule has 0 rings (SSSR count). The lowest BCUT2D eigenvalue weighted by Gasteiger charge is -2.13. The van der Waals surface area contributed by atoms with E-state index >= 15 is 0 Å². The molecule has 0 aliphatic carbocycles. The Morgan fingerprint density at radius 2 is 1.77 bits per heavy atom. The fourth-order valence-electron chi connectivity index (χ4n) is 0.941. The van der Waals surface area contributed by atoms with Crippen molar-refractivity contribution in [1.29, 1.82) is 0 Å². The minimum atomic E-state index is -0.274. The third kappa shape index (κ3) is 6.11. The maximum Gasteiger partial charge on any atom is 0.152 e. The second-order valence-electron chi connectivity index (χ2n) is 4.09. The Hall–Kier alpha value is -0.0200. The average molecular weight is 203 g/mol. The summed E-state index contributed by atoms with van der Waals surface area (Å²) < 4.78 is 0. The highest BCUT2D eigenvalue weighted by molar-refractivity contribution is 7.99. The Bertz CT molecular complexity index is 157. The zero-order valence-electron chi connectivity index (χ0n) is 9.04. The molecule has 2 N–H and O–H groups in total. The Morgan fingerprint density at radius 3 is 2.15 bits per heavy atom. The summed E-state index contributed by atoms with van der Waals surface area (Å²) in [6.07, 6.45) is 0. The zero-order valence-corrected chi connectivity index (χ0v) is 9.86. The van der Waals surface area contributed by atoms with Gasteiger partial charge >= 0.3 is 0 Å². The van der Waals surface area contributed by atoms with Gasteiger partial charge in [-0.3, -0.25) is 4.79 Å². The molecule has 0 amide bonds. The predicted octanol–water partition coefficient (Wildman–Crippen LogP) is 1.93. The molecule has 0 radical (unpaired) electrons.